The van der Waals surface area contributed by atoms with E-state index in [1.165, 1.54) is 0 Å². The molecule has 0 spiro atoms. The number of amides is 1. The van der Waals surface area contributed by atoms with E-state index < -0.39 is 0 Å². The van der Waals surface area contributed by atoms with Gasteiger partial charge in [0.25, 0.3) is 0 Å². The van der Waals surface area contributed by atoms with E-state index in [1.807, 2.05) is 4.90 Å². The quantitative estimate of drug-likeness (QED) is 0.754. The van der Waals surface area contributed by atoms with Gasteiger partial charge in [-0.2, -0.15) is 0 Å². The molecule has 3 nitrogen and oxygen atoms in total. The first-order valence-electron chi connectivity index (χ1n) is 6.12. The molecule has 3 heteroatoms. The zero-order chi connectivity index (χ0) is 11.4. The molecule has 1 atom stereocenters. The predicted octanol–water partition coefficient (Wildman–Crippen LogP) is 1.84. The lowest BCUT2D eigenvalue weighted by atomic mass is 10.0. The van der Waals surface area contributed by atoms with Crippen molar-refractivity contribution in [2.24, 2.45) is 11.8 Å². The van der Waals surface area contributed by atoms with Gasteiger partial charge in [0.05, 0.1) is 12.7 Å². The van der Waals surface area contributed by atoms with Crippen molar-refractivity contribution in [1.82, 2.24) is 10.2 Å². The van der Waals surface area contributed by atoms with Crippen molar-refractivity contribution < 1.29 is 4.79 Å². The normalized spacial score (nSPS) is 22.1. The van der Waals surface area contributed by atoms with Gasteiger partial charge in [-0.25, -0.2) is 0 Å². The molecule has 0 aromatic heterocycles. The van der Waals surface area contributed by atoms with Crippen LogP contribution in [0.3, 0.4) is 0 Å². The van der Waals surface area contributed by atoms with E-state index in [0.717, 1.165) is 26.1 Å². The van der Waals surface area contributed by atoms with Crippen LogP contribution in [0.4, 0.5) is 0 Å². The van der Waals surface area contributed by atoms with E-state index in [-0.39, 0.29) is 11.9 Å². The van der Waals surface area contributed by atoms with Crippen molar-refractivity contribution >= 4 is 5.91 Å². The van der Waals surface area contributed by atoms with Gasteiger partial charge in [0.15, 0.2) is 0 Å². The third-order valence-electron chi connectivity index (χ3n) is 3.38. The molecule has 1 fully saturated rings. The Morgan fingerprint density at radius 1 is 1.40 bits per heavy atom. The Labute approximate surface area is 93.2 Å². The van der Waals surface area contributed by atoms with Gasteiger partial charge in [-0.3, -0.25) is 10.1 Å². The summed E-state index contributed by atoms with van der Waals surface area (Å²) in [6.07, 6.45) is 2.32. The molecule has 15 heavy (non-hydrogen) atoms. The monoisotopic (exact) mass is 212 g/mol. The molecular weight excluding hydrogens is 188 g/mol. The molecule has 0 aromatic rings. The van der Waals surface area contributed by atoms with Gasteiger partial charge >= 0.3 is 0 Å². The van der Waals surface area contributed by atoms with Crippen molar-refractivity contribution in [2.45, 2.75) is 46.6 Å². The zero-order valence-corrected chi connectivity index (χ0v) is 10.4. The summed E-state index contributed by atoms with van der Waals surface area (Å²) in [4.78, 5) is 14.0. The van der Waals surface area contributed by atoms with E-state index in [9.17, 15) is 4.79 Å². The molecule has 1 heterocycles. The summed E-state index contributed by atoms with van der Waals surface area (Å²) in [5.74, 6) is 1.34. The third kappa shape index (κ3) is 2.94. The van der Waals surface area contributed by atoms with Crippen molar-refractivity contribution in [1.29, 1.82) is 0 Å². The number of carbonyl (C=O) groups is 1. The highest BCUT2D eigenvalue weighted by atomic mass is 16.2. The smallest absolute Gasteiger partial charge is 0.241 e. The number of nitrogens with one attached hydrogen (secondary N) is 1. The fraction of sp³-hybridized carbons (Fsp3) is 0.917. The van der Waals surface area contributed by atoms with E-state index in [2.05, 4.69) is 33.0 Å². The lowest BCUT2D eigenvalue weighted by Gasteiger charge is -2.21. The van der Waals surface area contributed by atoms with Gasteiger partial charge in [-0.15, -0.1) is 0 Å². The predicted molar refractivity (Wildman–Crippen MR) is 62.4 cm³/mol. The second-order valence-electron chi connectivity index (χ2n) is 4.83. The van der Waals surface area contributed by atoms with E-state index >= 15 is 0 Å². The summed E-state index contributed by atoms with van der Waals surface area (Å²) in [6.45, 7) is 10.2. The number of hydrogen-bond acceptors (Lipinski definition) is 2. The summed E-state index contributed by atoms with van der Waals surface area (Å²) >= 11 is 0. The Bertz CT molecular complexity index is 212. The summed E-state index contributed by atoms with van der Waals surface area (Å²) in [6, 6.07) is 0.0411. The molecule has 0 radical (unpaired) electrons. The summed E-state index contributed by atoms with van der Waals surface area (Å²) in [5.41, 5.74) is 0. The largest absolute Gasteiger partial charge is 0.328 e. The minimum atomic E-state index is 0.0411. The van der Waals surface area contributed by atoms with Gasteiger partial charge in [-0.05, 0) is 11.8 Å². The van der Waals surface area contributed by atoms with Crippen LogP contribution in [0.15, 0.2) is 0 Å². The highest BCUT2D eigenvalue weighted by molar-refractivity contribution is 5.84. The molecule has 0 saturated carbocycles. The van der Waals surface area contributed by atoms with Crippen molar-refractivity contribution in [3.8, 4) is 0 Å². The minimum Gasteiger partial charge on any atom is -0.328 e. The first kappa shape index (κ1) is 12.5. The van der Waals surface area contributed by atoms with Crippen molar-refractivity contribution in [3.05, 3.63) is 0 Å². The van der Waals surface area contributed by atoms with Crippen LogP contribution in [-0.2, 0) is 4.79 Å². The van der Waals surface area contributed by atoms with E-state index in [4.69, 9.17) is 0 Å². The van der Waals surface area contributed by atoms with Gasteiger partial charge in [0, 0.05) is 6.54 Å². The molecule has 1 aliphatic heterocycles. The maximum Gasteiger partial charge on any atom is 0.241 e. The van der Waals surface area contributed by atoms with Crippen molar-refractivity contribution in [3.63, 3.8) is 0 Å². The van der Waals surface area contributed by atoms with Crippen LogP contribution in [-0.4, -0.2) is 30.1 Å². The highest BCUT2D eigenvalue weighted by Gasteiger charge is 2.33. The van der Waals surface area contributed by atoms with Crippen LogP contribution >= 0.6 is 0 Å². The first-order chi connectivity index (χ1) is 7.10. The molecule has 1 rings (SSSR count). The first-order valence-corrected chi connectivity index (χ1v) is 6.12. The number of carbonyl (C=O) groups excluding carboxylic acids is 1. The van der Waals surface area contributed by atoms with Gasteiger partial charge in [0.1, 0.15) is 0 Å². The minimum absolute atomic E-state index is 0.0411. The van der Waals surface area contributed by atoms with E-state index in [1.54, 1.807) is 0 Å². The van der Waals surface area contributed by atoms with Crippen LogP contribution in [0.5, 0.6) is 0 Å². The lowest BCUT2D eigenvalue weighted by molar-refractivity contribution is -0.130. The average Bonchev–Trinajstić information content (AvgIpc) is 2.56. The SMILES string of the molecule is CCC(CC)CN1CNC(C(C)C)C1=O. The summed E-state index contributed by atoms with van der Waals surface area (Å²) < 4.78 is 0. The Balaban J connectivity index is 2.49. The van der Waals surface area contributed by atoms with Gasteiger partial charge in [-0.1, -0.05) is 40.5 Å². The molecule has 1 aliphatic rings. The maximum absolute atomic E-state index is 12.0. The molecule has 0 aliphatic carbocycles. The van der Waals surface area contributed by atoms with Gasteiger partial charge in [0.2, 0.25) is 5.91 Å². The Kier molecular flexibility index (Phi) is 4.58. The van der Waals surface area contributed by atoms with Crippen LogP contribution in [0, 0.1) is 11.8 Å². The standard InChI is InChI=1S/C12H24N2O/c1-5-10(6-2)7-14-8-13-11(9(3)4)12(14)15/h9-11,13H,5-8H2,1-4H3. The second kappa shape index (κ2) is 5.50. The fourth-order valence-electron chi connectivity index (χ4n) is 2.10. The van der Waals surface area contributed by atoms with Crippen molar-refractivity contribution in [2.75, 3.05) is 13.2 Å². The number of nitrogens with zero attached hydrogens (tertiary/aromatic N) is 1. The number of hydrogen-bond donors (Lipinski definition) is 1. The second-order valence-corrected chi connectivity index (χ2v) is 4.83. The Morgan fingerprint density at radius 2 is 2.00 bits per heavy atom. The van der Waals surface area contributed by atoms with Crippen LogP contribution in [0.25, 0.3) is 0 Å². The summed E-state index contributed by atoms with van der Waals surface area (Å²) in [7, 11) is 0. The molecule has 0 aromatic carbocycles. The van der Waals surface area contributed by atoms with Crippen LogP contribution in [0.1, 0.15) is 40.5 Å². The Hall–Kier alpha value is -0.570. The topological polar surface area (TPSA) is 32.3 Å². The molecule has 1 unspecified atom stereocenters. The average molecular weight is 212 g/mol. The van der Waals surface area contributed by atoms with E-state index in [0.29, 0.717) is 11.8 Å². The van der Waals surface area contributed by atoms with Gasteiger partial charge < -0.3 is 4.90 Å². The lowest BCUT2D eigenvalue weighted by Crippen LogP contribution is -2.36. The molecule has 1 saturated heterocycles. The maximum atomic E-state index is 12.0. The molecule has 1 N–H and O–H groups in total. The Morgan fingerprint density at radius 3 is 2.40 bits per heavy atom. The third-order valence-corrected chi connectivity index (χ3v) is 3.38. The molecule has 1 amide bonds. The highest BCUT2D eigenvalue weighted by Crippen LogP contribution is 2.16. The summed E-state index contributed by atoms with van der Waals surface area (Å²) in [5, 5.41) is 3.29. The molecule has 0 bridgehead atoms. The van der Waals surface area contributed by atoms with Crippen LogP contribution in [0.2, 0.25) is 0 Å². The molecular formula is C12H24N2O. The zero-order valence-electron chi connectivity index (χ0n) is 10.4. The van der Waals surface area contributed by atoms with Crippen LogP contribution < -0.4 is 5.32 Å². The number of rotatable bonds is 5. The fourth-order valence-corrected chi connectivity index (χ4v) is 2.10. The molecule has 88 valence electrons.